The second-order valence-electron chi connectivity index (χ2n) is 5.69. The maximum absolute atomic E-state index is 12.9. The highest BCUT2D eigenvalue weighted by Gasteiger charge is 2.33. The zero-order valence-electron chi connectivity index (χ0n) is 14.8. The zero-order valence-corrected chi connectivity index (χ0v) is 16.3. The maximum atomic E-state index is 12.9. The summed E-state index contributed by atoms with van der Waals surface area (Å²) in [6.45, 7) is 4.62. The molecule has 0 saturated heterocycles. The molecule has 0 aliphatic heterocycles. The lowest BCUT2D eigenvalue weighted by molar-refractivity contribution is -0.155. The van der Waals surface area contributed by atoms with Gasteiger partial charge in [-0.1, -0.05) is 48.3 Å². The molecule has 2 unspecified atom stereocenters. The van der Waals surface area contributed by atoms with E-state index in [0.29, 0.717) is 13.2 Å². The van der Waals surface area contributed by atoms with Crippen LogP contribution < -0.4 is 0 Å². The summed E-state index contributed by atoms with van der Waals surface area (Å²) in [5, 5.41) is 0. The van der Waals surface area contributed by atoms with Gasteiger partial charge in [0.15, 0.2) is 6.04 Å². The van der Waals surface area contributed by atoms with Gasteiger partial charge in [-0.3, -0.25) is 4.79 Å². The van der Waals surface area contributed by atoms with Crippen LogP contribution in [0, 0.1) is 5.92 Å². The van der Waals surface area contributed by atoms with Crippen molar-refractivity contribution in [2.45, 2.75) is 32.7 Å². The lowest BCUT2D eigenvalue weighted by Gasteiger charge is -2.32. The summed E-state index contributed by atoms with van der Waals surface area (Å²) in [6, 6.07) is 6.57. The Balaban J connectivity index is 3.21. The number of hydrogen-bond donors (Lipinski definition) is 0. The predicted octanol–water partition coefficient (Wildman–Crippen LogP) is 3.57. The molecule has 0 fully saturated rings. The number of carbonyl (C=O) groups is 2. The number of amides is 1. The lowest BCUT2D eigenvalue weighted by atomic mass is 10.00. The molecule has 2 atom stereocenters. The first-order chi connectivity index (χ1) is 11.5. The van der Waals surface area contributed by atoms with Gasteiger partial charge in [0.25, 0.3) is 0 Å². The number of esters is 1. The normalized spacial score (nSPS) is 13.2. The molecule has 6 heteroatoms. The van der Waals surface area contributed by atoms with E-state index in [1.807, 2.05) is 38.1 Å². The summed E-state index contributed by atoms with van der Waals surface area (Å²) in [4.78, 5) is 26.9. The summed E-state index contributed by atoms with van der Waals surface area (Å²) in [5.41, 5.74) is 0.721. The van der Waals surface area contributed by atoms with Gasteiger partial charge in [0.05, 0.1) is 13.7 Å². The van der Waals surface area contributed by atoms with E-state index in [9.17, 15) is 9.59 Å². The van der Waals surface area contributed by atoms with Crippen molar-refractivity contribution < 1.29 is 19.1 Å². The zero-order chi connectivity index (χ0) is 18.1. The van der Waals surface area contributed by atoms with Crippen LogP contribution in [-0.4, -0.2) is 44.1 Å². The molecule has 0 bridgehead atoms. The number of hydrogen-bond acceptors (Lipinski definition) is 4. The molecule has 1 amide bonds. The molecule has 0 spiro atoms. The smallest absolute Gasteiger partial charge is 0.333 e. The molecule has 0 N–H and O–H groups in total. The summed E-state index contributed by atoms with van der Waals surface area (Å²) in [5.74, 6) is -0.674. The minimum atomic E-state index is -0.773. The van der Waals surface area contributed by atoms with Crippen molar-refractivity contribution in [3.63, 3.8) is 0 Å². The number of nitrogens with zero attached hydrogens (tertiary/aromatic N) is 1. The fourth-order valence-corrected chi connectivity index (χ4v) is 2.86. The predicted molar refractivity (Wildman–Crippen MR) is 96.6 cm³/mol. The van der Waals surface area contributed by atoms with E-state index in [-0.39, 0.29) is 11.8 Å². The molecule has 0 aliphatic carbocycles. The third kappa shape index (κ3) is 5.60. The van der Waals surface area contributed by atoms with Gasteiger partial charge >= 0.3 is 5.97 Å². The van der Waals surface area contributed by atoms with Gasteiger partial charge < -0.3 is 14.4 Å². The molecule has 134 valence electrons. The largest absolute Gasteiger partial charge is 0.467 e. The SMILES string of the molecule is CCCC(C)C(=O)N(CCOC)C(C(=O)OC)c1ccc(Br)cc1. The highest BCUT2D eigenvalue weighted by Crippen LogP contribution is 2.26. The number of ether oxygens (including phenoxy) is 2. The molecule has 0 aromatic heterocycles. The van der Waals surface area contributed by atoms with Crippen molar-refractivity contribution in [1.29, 1.82) is 0 Å². The number of methoxy groups -OCH3 is 2. The van der Waals surface area contributed by atoms with Gasteiger partial charge in [-0.2, -0.15) is 0 Å². The van der Waals surface area contributed by atoms with Crippen LogP contribution in [-0.2, 0) is 19.1 Å². The fraction of sp³-hybridized carbons (Fsp3) is 0.556. The molecule has 0 radical (unpaired) electrons. The quantitative estimate of drug-likeness (QED) is 0.595. The standard InChI is InChI=1S/C18H26BrNO4/c1-5-6-13(2)17(21)20(11-12-23-3)16(18(22)24-4)14-7-9-15(19)10-8-14/h7-10,13,16H,5-6,11-12H2,1-4H3. The molecule has 5 nitrogen and oxygen atoms in total. The average Bonchev–Trinajstić information content (AvgIpc) is 2.58. The van der Waals surface area contributed by atoms with Crippen LogP contribution >= 0.6 is 15.9 Å². The Morgan fingerprint density at radius 1 is 1.21 bits per heavy atom. The van der Waals surface area contributed by atoms with Gasteiger partial charge in [0.2, 0.25) is 5.91 Å². The van der Waals surface area contributed by atoms with Crippen LogP contribution in [0.1, 0.15) is 38.3 Å². The monoisotopic (exact) mass is 399 g/mol. The first kappa shape index (κ1) is 20.6. The Bertz CT molecular complexity index is 532. The molecule has 1 rings (SSSR count). The van der Waals surface area contributed by atoms with Crippen LogP contribution in [0.4, 0.5) is 0 Å². The van der Waals surface area contributed by atoms with Crippen LogP contribution in [0.2, 0.25) is 0 Å². The summed E-state index contributed by atoms with van der Waals surface area (Å²) in [6.07, 6.45) is 1.68. The molecule has 0 saturated carbocycles. The Hall–Kier alpha value is -1.40. The summed E-state index contributed by atoms with van der Waals surface area (Å²) >= 11 is 3.38. The number of rotatable bonds is 9. The number of carbonyl (C=O) groups excluding carboxylic acids is 2. The number of halogens is 1. The minimum absolute atomic E-state index is 0.0628. The lowest BCUT2D eigenvalue weighted by Crippen LogP contribution is -2.43. The van der Waals surface area contributed by atoms with Crippen molar-refractivity contribution in [3.8, 4) is 0 Å². The van der Waals surface area contributed by atoms with Crippen molar-refractivity contribution in [3.05, 3.63) is 34.3 Å². The van der Waals surface area contributed by atoms with Gasteiger partial charge in [-0.15, -0.1) is 0 Å². The fourth-order valence-electron chi connectivity index (χ4n) is 2.60. The average molecular weight is 400 g/mol. The van der Waals surface area contributed by atoms with E-state index in [1.165, 1.54) is 7.11 Å². The van der Waals surface area contributed by atoms with Gasteiger partial charge in [-0.05, 0) is 24.1 Å². The van der Waals surface area contributed by atoms with E-state index >= 15 is 0 Å². The van der Waals surface area contributed by atoms with E-state index in [2.05, 4.69) is 15.9 Å². The van der Waals surface area contributed by atoms with Crippen molar-refractivity contribution >= 4 is 27.8 Å². The minimum Gasteiger partial charge on any atom is -0.467 e. The highest BCUT2D eigenvalue weighted by molar-refractivity contribution is 9.10. The van der Waals surface area contributed by atoms with E-state index < -0.39 is 12.0 Å². The first-order valence-electron chi connectivity index (χ1n) is 8.08. The number of benzene rings is 1. The topological polar surface area (TPSA) is 55.8 Å². The van der Waals surface area contributed by atoms with Crippen LogP contribution in [0.3, 0.4) is 0 Å². The third-order valence-corrected chi connectivity index (χ3v) is 4.41. The summed E-state index contributed by atoms with van der Waals surface area (Å²) < 4.78 is 11.0. The summed E-state index contributed by atoms with van der Waals surface area (Å²) in [7, 11) is 2.91. The Kier molecular flexibility index (Phi) is 9.00. The molecule has 24 heavy (non-hydrogen) atoms. The molecular weight excluding hydrogens is 374 g/mol. The van der Waals surface area contributed by atoms with Gasteiger partial charge in [0.1, 0.15) is 0 Å². The Morgan fingerprint density at radius 3 is 2.33 bits per heavy atom. The van der Waals surface area contributed by atoms with Crippen LogP contribution in [0.5, 0.6) is 0 Å². The molecule has 1 aromatic carbocycles. The Morgan fingerprint density at radius 2 is 1.83 bits per heavy atom. The highest BCUT2D eigenvalue weighted by atomic mass is 79.9. The third-order valence-electron chi connectivity index (χ3n) is 3.88. The van der Waals surface area contributed by atoms with Crippen molar-refractivity contribution in [2.24, 2.45) is 5.92 Å². The second-order valence-corrected chi connectivity index (χ2v) is 6.61. The Labute approximate surface area is 152 Å². The van der Waals surface area contributed by atoms with E-state index in [1.54, 1.807) is 12.0 Å². The molecule has 1 aromatic rings. The molecular formula is C18H26BrNO4. The molecule has 0 heterocycles. The van der Waals surface area contributed by atoms with Gasteiger partial charge in [0, 0.05) is 24.0 Å². The van der Waals surface area contributed by atoms with E-state index in [0.717, 1.165) is 22.9 Å². The maximum Gasteiger partial charge on any atom is 0.333 e. The molecule has 0 aliphatic rings. The van der Waals surface area contributed by atoms with Crippen LogP contribution in [0.15, 0.2) is 28.7 Å². The van der Waals surface area contributed by atoms with Crippen molar-refractivity contribution in [1.82, 2.24) is 4.90 Å². The van der Waals surface area contributed by atoms with Crippen LogP contribution in [0.25, 0.3) is 0 Å². The van der Waals surface area contributed by atoms with Gasteiger partial charge in [-0.25, -0.2) is 4.79 Å². The van der Waals surface area contributed by atoms with Crippen molar-refractivity contribution in [2.75, 3.05) is 27.4 Å². The second kappa shape index (κ2) is 10.5. The first-order valence-corrected chi connectivity index (χ1v) is 8.88. The van der Waals surface area contributed by atoms with E-state index in [4.69, 9.17) is 9.47 Å².